The lowest BCUT2D eigenvalue weighted by Crippen LogP contribution is -2.46. The summed E-state index contributed by atoms with van der Waals surface area (Å²) in [5, 5.41) is 13.4. The number of aryl methyl sites for hydroxylation is 1. The molecule has 0 saturated carbocycles. The van der Waals surface area contributed by atoms with Crippen molar-refractivity contribution in [3.8, 4) is 0 Å². The first-order valence-corrected chi connectivity index (χ1v) is 9.76. The number of benzene rings is 1. The molecule has 4 rings (SSSR count). The number of nitrogens with zero attached hydrogens (tertiary/aromatic N) is 3. The zero-order valence-corrected chi connectivity index (χ0v) is 15.1. The molecule has 0 amide bonds. The number of hydrogen-bond acceptors (Lipinski definition) is 5. The molecule has 1 saturated heterocycles. The van der Waals surface area contributed by atoms with Gasteiger partial charge in [0.1, 0.15) is 17.0 Å². The third-order valence-electron chi connectivity index (χ3n) is 5.32. The number of fused-ring (bicyclic) bond motifs is 1. The van der Waals surface area contributed by atoms with Crippen molar-refractivity contribution in [1.29, 1.82) is 0 Å². The van der Waals surface area contributed by atoms with E-state index in [9.17, 15) is 5.11 Å². The fraction of sp³-hybridized carbons (Fsp3) is 0.400. The summed E-state index contributed by atoms with van der Waals surface area (Å²) in [5.74, 6) is 1.02. The van der Waals surface area contributed by atoms with Gasteiger partial charge in [0, 0.05) is 18.5 Å². The molecule has 1 aromatic carbocycles. The van der Waals surface area contributed by atoms with Gasteiger partial charge in [-0.1, -0.05) is 30.3 Å². The van der Waals surface area contributed by atoms with Crippen LogP contribution in [0.4, 0.5) is 5.82 Å². The fourth-order valence-electron chi connectivity index (χ4n) is 3.88. The summed E-state index contributed by atoms with van der Waals surface area (Å²) in [6.45, 7) is 2.08. The number of piperidine rings is 1. The molecular weight excluding hydrogens is 330 g/mol. The van der Waals surface area contributed by atoms with Gasteiger partial charge in [0.25, 0.3) is 0 Å². The Hall–Kier alpha value is -1.98. The second-order valence-corrected chi connectivity index (χ2v) is 7.90. The van der Waals surface area contributed by atoms with E-state index in [2.05, 4.69) is 56.6 Å². The minimum absolute atomic E-state index is 0.0542. The Morgan fingerprint density at radius 2 is 2.04 bits per heavy atom. The SMILES string of the molecule is OC[C@]1(CCc2ccccc2)CCCN(c2ncnc3sccc23)C1. The Bertz CT molecular complexity index is 835. The lowest BCUT2D eigenvalue weighted by molar-refractivity contribution is 0.0964. The molecule has 0 radical (unpaired) electrons. The van der Waals surface area contributed by atoms with E-state index < -0.39 is 0 Å². The molecule has 0 spiro atoms. The molecule has 2 aromatic heterocycles. The summed E-state index contributed by atoms with van der Waals surface area (Å²) in [6.07, 6.45) is 5.83. The molecule has 1 aliphatic rings. The Balaban J connectivity index is 1.55. The Labute approximate surface area is 152 Å². The number of aliphatic hydroxyl groups excluding tert-OH is 1. The highest BCUT2D eigenvalue weighted by molar-refractivity contribution is 7.16. The van der Waals surface area contributed by atoms with Gasteiger partial charge in [-0.05, 0) is 42.7 Å². The lowest BCUT2D eigenvalue weighted by atomic mass is 9.76. The summed E-state index contributed by atoms with van der Waals surface area (Å²) < 4.78 is 0. The van der Waals surface area contributed by atoms with Gasteiger partial charge in [-0.15, -0.1) is 11.3 Å². The molecule has 0 unspecified atom stereocenters. The van der Waals surface area contributed by atoms with Crippen LogP contribution in [0.3, 0.4) is 0 Å². The maximum atomic E-state index is 10.2. The van der Waals surface area contributed by atoms with Crippen LogP contribution in [-0.4, -0.2) is 34.8 Å². The highest BCUT2D eigenvalue weighted by atomic mass is 32.1. The van der Waals surface area contributed by atoms with E-state index in [1.165, 1.54) is 5.56 Å². The van der Waals surface area contributed by atoms with Gasteiger partial charge in [0.2, 0.25) is 0 Å². The smallest absolute Gasteiger partial charge is 0.140 e. The van der Waals surface area contributed by atoms with Crippen molar-refractivity contribution in [2.75, 3.05) is 24.6 Å². The van der Waals surface area contributed by atoms with E-state index in [1.54, 1.807) is 17.7 Å². The molecule has 25 heavy (non-hydrogen) atoms. The third-order valence-corrected chi connectivity index (χ3v) is 6.14. The normalized spacial score (nSPS) is 20.9. The zero-order chi connectivity index (χ0) is 17.1. The first kappa shape index (κ1) is 16.5. The van der Waals surface area contributed by atoms with Crippen LogP contribution in [0.5, 0.6) is 0 Å². The number of rotatable bonds is 5. The molecular formula is C20H23N3OS. The summed E-state index contributed by atoms with van der Waals surface area (Å²) >= 11 is 1.65. The van der Waals surface area contributed by atoms with Gasteiger partial charge in [-0.25, -0.2) is 9.97 Å². The second kappa shape index (κ2) is 7.10. The number of anilines is 1. The molecule has 1 atom stereocenters. The molecule has 5 heteroatoms. The average molecular weight is 353 g/mol. The Morgan fingerprint density at radius 3 is 2.88 bits per heavy atom. The van der Waals surface area contributed by atoms with Crippen LogP contribution in [0.1, 0.15) is 24.8 Å². The van der Waals surface area contributed by atoms with Gasteiger partial charge in [0.15, 0.2) is 0 Å². The highest BCUT2D eigenvalue weighted by Crippen LogP contribution is 2.37. The minimum atomic E-state index is -0.0542. The van der Waals surface area contributed by atoms with E-state index in [-0.39, 0.29) is 12.0 Å². The van der Waals surface area contributed by atoms with E-state index in [0.717, 1.165) is 54.8 Å². The maximum absolute atomic E-state index is 10.2. The van der Waals surface area contributed by atoms with Crippen LogP contribution in [0.25, 0.3) is 10.2 Å². The molecule has 4 nitrogen and oxygen atoms in total. The molecule has 3 heterocycles. The third kappa shape index (κ3) is 3.39. The predicted molar refractivity (Wildman–Crippen MR) is 103 cm³/mol. The van der Waals surface area contributed by atoms with Crippen LogP contribution < -0.4 is 4.90 Å². The van der Waals surface area contributed by atoms with Crippen molar-refractivity contribution in [1.82, 2.24) is 9.97 Å². The largest absolute Gasteiger partial charge is 0.396 e. The topological polar surface area (TPSA) is 49.2 Å². The van der Waals surface area contributed by atoms with Crippen LogP contribution in [0, 0.1) is 5.41 Å². The predicted octanol–water partition coefficient (Wildman–Crippen LogP) is 3.90. The Kier molecular flexibility index (Phi) is 4.68. The van der Waals surface area contributed by atoms with Crippen LogP contribution in [0.2, 0.25) is 0 Å². The van der Waals surface area contributed by atoms with Gasteiger partial charge >= 0.3 is 0 Å². The first-order chi connectivity index (χ1) is 12.3. The Morgan fingerprint density at radius 1 is 1.16 bits per heavy atom. The van der Waals surface area contributed by atoms with Crippen LogP contribution >= 0.6 is 11.3 Å². The highest BCUT2D eigenvalue weighted by Gasteiger charge is 2.35. The quantitative estimate of drug-likeness (QED) is 0.756. The number of hydrogen-bond donors (Lipinski definition) is 1. The monoisotopic (exact) mass is 353 g/mol. The van der Waals surface area contributed by atoms with Crippen molar-refractivity contribution in [2.24, 2.45) is 5.41 Å². The van der Waals surface area contributed by atoms with E-state index in [1.807, 2.05) is 0 Å². The number of thiophene rings is 1. The lowest BCUT2D eigenvalue weighted by Gasteiger charge is -2.42. The van der Waals surface area contributed by atoms with Crippen molar-refractivity contribution >= 4 is 27.4 Å². The molecule has 1 N–H and O–H groups in total. The van der Waals surface area contributed by atoms with Gasteiger partial charge in [-0.2, -0.15) is 0 Å². The summed E-state index contributed by atoms with van der Waals surface area (Å²) in [7, 11) is 0. The standard InChI is InChI=1S/C20H23N3OS/c24-14-20(10-7-16-5-2-1-3-6-16)9-4-11-23(13-20)18-17-8-12-25-19(17)22-15-21-18/h1-3,5-6,8,12,15,24H,4,7,9-11,13-14H2/t20-/m0/s1. The van der Waals surface area contributed by atoms with Crippen molar-refractivity contribution in [3.63, 3.8) is 0 Å². The summed E-state index contributed by atoms with van der Waals surface area (Å²) in [6, 6.07) is 12.7. The number of aromatic nitrogens is 2. The average Bonchev–Trinajstić information content (AvgIpc) is 3.16. The molecule has 1 fully saturated rings. The van der Waals surface area contributed by atoms with Crippen molar-refractivity contribution in [3.05, 3.63) is 53.7 Å². The number of aliphatic hydroxyl groups is 1. The fourth-order valence-corrected chi connectivity index (χ4v) is 4.61. The van der Waals surface area contributed by atoms with Gasteiger partial charge in [-0.3, -0.25) is 0 Å². The van der Waals surface area contributed by atoms with E-state index in [0.29, 0.717) is 0 Å². The minimum Gasteiger partial charge on any atom is -0.396 e. The summed E-state index contributed by atoms with van der Waals surface area (Å²) in [4.78, 5) is 12.3. The van der Waals surface area contributed by atoms with Gasteiger partial charge in [0.05, 0.1) is 12.0 Å². The van der Waals surface area contributed by atoms with Crippen LogP contribution in [0.15, 0.2) is 48.1 Å². The molecule has 130 valence electrons. The summed E-state index contributed by atoms with van der Waals surface area (Å²) in [5.41, 5.74) is 1.29. The zero-order valence-electron chi connectivity index (χ0n) is 14.3. The van der Waals surface area contributed by atoms with Crippen LogP contribution in [-0.2, 0) is 6.42 Å². The van der Waals surface area contributed by atoms with E-state index >= 15 is 0 Å². The van der Waals surface area contributed by atoms with Crippen molar-refractivity contribution < 1.29 is 5.11 Å². The molecule has 0 bridgehead atoms. The first-order valence-electron chi connectivity index (χ1n) is 8.88. The van der Waals surface area contributed by atoms with E-state index in [4.69, 9.17) is 0 Å². The maximum Gasteiger partial charge on any atom is 0.140 e. The molecule has 0 aliphatic carbocycles. The molecule has 1 aliphatic heterocycles. The van der Waals surface area contributed by atoms with Crippen molar-refractivity contribution in [2.45, 2.75) is 25.7 Å². The molecule has 3 aromatic rings. The van der Waals surface area contributed by atoms with Gasteiger partial charge < -0.3 is 10.0 Å². The second-order valence-electron chi connectivity index (χ2n) is 7.01.